The summed E-state index contributed by atoms with van der Waals surface area (Å²) in [5.41, 5.74) is 1.02. The highest BCUT2D eigenvalue weighted by atomic mass is 32.2. The Morgan fingerprint density at radius 1 is 1.32 bits per heavy atom. The normalized spacial score (nSPS) is 19.7. The molecule has 8 nitrogen and oxygen atoms in total. The van der Waals surface area contributed by atoms with E-state index in [1.54, 1.807) is 24.9 Å². The minimum absolute atomic E-state index is 0.0801. The molecule has 3 heterocycles. The number of unbranched alkanes of at least 4 members (excludes halogenated alkanes) is 2. The Bertz CT molecular complexity index is 1140. The predicted octanol–water partition coefficient (Wildman–Crippen LogP) is 3.65. The molecule has 0 saturated carbocycles. The third-order valence-electron chi connectivity index (χ3n) is 6.35. The zero-order valence-electron chi connectivity index (χ0n) is 19.8. The number of nitrogens with zero attached hydrogens (tertiary/aromatic N) is 4. The Morgan fingerprint density at radius 2 is 2.06 bits per heavy atom. The van der Waals surface area contributed by atoms with E-state index in [4.69, 9.17) is 17.3 Å². The van der Waals surface area contributed by atoms with Crippen molar-refractivity contribution in [3.05, 3.63) is 31.9 Å². The van der Waals surface area contributed by atoms with Crippen LogP contribution in [0.2, 0.25) is 0 Å². The van der Waals surface area contributed by atoms with Crippen molar-refractivity contribution in [2.24, 2.45) is 13.0 Å². The van der Waals surface area contributed by atoms with Crippen LogP contribution in [0.3, 0.4) is 0 Å². The molecule has 2 fully saturated rings. The number of hydrogen-bond acceptors (Lipinski definition) is 7. The molecule has 1 unspecified atom stereocenters. The number of pyridine rings is 1. The zero-order valence-corrected chi connectivity index (χ0v) is 21.4. The molecule has 1 atom stereocenters. The molecule has 182 valence electrons. The molecule has 0 bridgehead atoms. The van der Waals surface area contributed by atoms with Gasteiger partial charge in [0, 0.05) is 38.7 Å². The molecule has 3 rings (SSSR count). The van der Waals surface area contributed by atoms with Gasteiger partial charge in [-0.3, -0.25) is 23.9 Å². The number of amides is 1. The molecule has 1 aromatic heterocycles. The fraction of sp³-hybridized carbons (Fsp3) is 0.542. The van der Waals surface area contributed by atoms with Gasteiger partial charge in [0.2, 0.25) is 0 Å². The van der Waals surface area contributed by atoms with E-state index in [0.29, 0.717) is 52.1 Å². The molecule has 1 amide bonds. The van der Waals surface area contributed by atoms with E-state index in [1.807, 2.05) is 6.07 Å². The molecule has 2 aliphatic heterocycles. The van der Waals surface area contributed by atoms with Gasteiger partial charge in [-0.25, -0.2) is 0 Å². The molecule has 2 aliphatic rings. The second-order valence-corrected chi connectivity index (χ2v) is 10.6. The van der Waals surface area contributed by atoms with E-state index >= 15 is 0 Å². The van der Waals surface area contributed by atoms with E-state index in [0.717, 1.165) is 31.7 Å². The molecule has 1 N–H and O–H groups in total. The number of nitriles is 1. The van der Waals surface area contributed by atoms with E-state index in [9.17, 15) is 19.6 Å². The van der Waals surface area contributed by atoms with Crippen molar-refractivity contribution in [1.82, 2.24) is 9.47 Å². The SMILES string of the molecule is Cc1c(C=C2SC(=S)N(CCCCCC(=O)O)C2=O)c(N2CCCC(C)C2)n(C)c(=O)c1C#N. The van der Waals surface area contributed by atoms with Crippen molar-refractivity contribution in [3.63, 3.8) is 0 Å². The highest BCUT2D eigenvalue weighted by Gasteiger charge is 2.33. The number of aromatic nitrogens is 1. The van der Waals surface area contributed by atoms with Crippen LogP contribution in [0.4, 0.5) is 5.82 Å². The van der Waals surface area contributed by atoms with Crippen molar-refractivity contribution in [1.29, 1.82) is 5.26 Å². The van der Waals surface area contributed by atoms with Gasteiger partial charge in [-0.05, 0) is 50.2 Å². The molecule has 2 saturated heterocycles. The van der Waals surface area contributed by atoms with Crippen LogP contribution in [0.1, 0.15) is 62.1 Å². The number of carbonyl (C=O) groups excluding carboxylic acids is 1. The van der Waals surface area contributed by atoms with Gasteiger partial charge in [-0.1, -0.05) is 37.3 Å². The minimum atomic E-state index is -0.822. The topological polar surface area (TPSA) is 107 Å². The third-order valence-corrected chi connectivity index (χ3v) is 7.72. The second-order valence-electron chi connectivity index (χ2n) is 8.94. The highest BCUT2D eigenvalue weighted by molar-refractivity contribution is 8.26. The molecule has 0 spiro atoms. The maximum Gasteiger partial charge on any atom is 0.303 e. The van der Waals surface area contributed by atoms with Crippen molar-refractivity contribution in [3.8, 4) is 6.07 Å². The van der Waals surface area contributed by atoms with Gasteiger partial charge >= 0.3 is 5.97 Å². The number of hydrogen-bond donors (Lipinski definition) is 1. The summed E-state index contributed by atoms with van der Waals surface area (Å²) < 4.78 is 1.99. The van der Waals surface area contributed by atoms with Gasteiger partial charge < -0.3 is 10.0 Å². The first-order valence-electron chi connectivity index (χ1n) is 11.5. The van der Waals surface area contributed by atoms with Gasteiger partial charge in [0.05, 0.1) is 4.91 Å². The molecule has 34 heavy (non-hydrogen) atoms. The number of carboxylic acid groups (broad SMARTS) is 1. The highest BCUT2D eigenvalue weighted by Crippen LogP contribution is 2.36. The Labute approximate surface area is 209 Å². The lowest BCUT2D eigenvalue weighted by molar-refractivity contribution is -0.137. The van der Waals surface area contributed by atoms with Crippen molar-refractivity contribution in [2.75, 3.05) is 24.5 Å². The monoisotopic (exact) mass is 502 g/mol. The number of piperidine rings is 1. The van der Waals surface area contributed by atoms with E-state index in [-0.39, 0.29) is 23.5 Å². The molecule has 0 aromatic carbocycles. The smallest absolute Gasteiger partial charge is 0.303 e. The summed E-state index contributed by atoms with van der Waals surface area (Å²) in [5.74, 6) is 0.189. The van der Waals surface area contributed by atoms with Crippen LogP contribution in [0.5, 0.6) is 0 Å². The van der Waals surface area contributed by atoms with Gasteiger partial charge in [-0.2, -0.15) is 5.26 Å². The molecular formula is C24H30N4O4S2. The van der Waals surface area contributed by atoms with Crippen LogP contribution in [-0.2, 0) is 16.6 Å². The molecule has 0 aliphatic carbocycles. The van der Waals surface area contributed by atoms with Gasteiger partial charge in [-0.15, -0.1) is 0 Å². The summed E-state index contributed by atoms with van der Waals surface area (Å²) in [6.07, 6.45) is 5.95. The van der Waals surface area contributed by atoms with E-state index in [2.05, 4.69) is 11.8 Å². The molecular weight excluding hydrogens is 472 g/mol. The average molecular weight is 503 g/mol. The number of carbonyl (C=O) groups is 2. The summed E-state index contributed by atoms with van der Waals surface area (Å²) >= 11 is 6.67. The Kier molecular flexibility index (Phi) is 8.55. The number of anilines is 1. The lowest BCUT2D eigenvalue weighted by Crippen LogP contribution is -2.39. The fourth-order valence-corrected chi connectivity index (χ4v) is 5.81. The number of thiocarbonyl (C=S) groups is 1. The first-order chi connectivity index (χ1) is 16.1. The molecule has 10 heteroatoms. The predicted molar refractivity (Wildman–Crippen MR) is 138 cm³/mol. The van der Waals surface area contributed by atoms with Crippen molar-refractivity contribution >= 4 is 52.1 Å². The van der Waals surface area contributed by atoms with Crippen LogP contribution in [-0.4, -0.2) is 50.4 Å². The standard InChI is InChI=1S/C24H30N4O4S2/c1-15-8-7-10-27(14-15)21-17(16(2)18(13-25)22(31)26(21)3)12-19-23(32)28(24(33)34-19)11-6-4-5-9-20(29)30/h12,15H,4-11,14H2,1-3H3,(H,29,30). The van der Waals surface area contributed by atoms with Crippen LogP contribution in [0.25, 0.3) is 6.08 Å². The summed E-state index contributed by atoms with van der Waals surface area (Å²) in [4.78, 5) is 40.9. The minimum Gasteiger partial charge on any atom is -0.481 e. The van der Waals surface area contributed by atoms with Gasteiger partial charge in [0.1, 0.15) is 21.8 Å². The number of aliphatic carboxylic acids is 1. The van der Waals surface area contributed by atoms with Crippen molar-refractivity contribution in [2.45, 2.75) is 52.4 Å². The quantitative estimate of drug-likeness (QED) is 0.326. The number of carboxylic acids is 1. The third kappa shape index (κ3) is 5.53. The van der Waals surface area contributed by atoms with Crippen molar-refractivity contribution < 1.29 is 14.7 Å². The first kappa shape index (κ1) is 26.0. The summed E-state index contributed by atoms with van der Waals surface area (Å²) in [5, 5.41) is 18.4. The van der Waals surface area contributed by atoms with Crippen LogP contribution in [0.15, 0.2) is 9.70 Å². The maximum absolute atomic E-state index is 13.2. The fourth-order valence-electron chi connectivity index (χ4n) is 4.52. The summed E-state index contributed by atoms with van der Waals surface area (Å²) in [6, 6.07) is 2.03. The lowest BCUT2D eigenvalue weighted by Gasteiger charge is -2.35. The van der Waals surface area contributed by atoms with Gasteiger partial charge in [0.15, 0.2) is 0 Å². The van der Waals surface area contributed by atoms with E-state index < -0.39 is 5.97 Å². The second kappa shape index (κ2) is 11.2. The van der Waals surface area contributed by atoms with Crippen LogP contribution >= 0.6 is 24.0 Å². The Morgan fingerprint density at radius 3 is 2.71 bits per heavy atom. The van der Waals surface area contributed by atoms with Gasteiger partial charge in [0.25, 0.3) is 11.5 Å². The first-order valence-corrected chi connectivity index (χ1v) is 12.7. The Balaban J connectivity index is 1.94. The number of rotatable bonds is 8. The summed E-state index contributed by atoms with van der Waals surface area (Å²) in [7, 11) is 1.68. The average Bonchev–Trinajstić information content (AvgIpc) is 3.04. The number of thioether (sulfide) groups is 1. The van der Waals surface area contributed by atoms with E-state index in [1.165, 1.54) is 16.3 Å². The Hall–Kier alpha value is -2.64. The molecule has 1 aromatic rings. The summed E-state index contributed by atoms with van der Waals surface area (Å²) in [6.45, 7) is 5.99. The maximum atomic E-state index is 13.2. The molecule has 0 radical (unpaired) electrons. The van der Waals surface area contributed by atoms with Crippen LogP contribution in [0, 0.1) is 24.2 Å². The zero-order chi connectivity index (χ0) is 25.0. The largest absolute Gasteiger partial charge is 0.481 e. The van der Waals surface area contributed by atoms with Crippen LogP contribution < -0.4 is 10.5 Å². The lowest BCUT2D eigenvalue weighted by atomic mass is 9.98.